The Labute approximate surface area is 151 Å². The molecule has 5 heteroatoms. The van der Waals surface area contributed by atoms with Crippen molar-refractivity contribution in [3.63, 3.8) is 0 Å². The first kappa shape index (κ1) is 17.2. The van der Waals surface area contributed by atoms with Crippen molar-refractivity contribution < 1.29 is 14.3 Å². The van der Waals surface area contributed by atoms with Gasteiger partial charge in [0.15, 0.2) is 6.61 Å². The number of esters is 1. The third kappa shape index (κ3) is 4.09. The summed E-state index contributed by atoms with van der Waals surface area (Å²) in [5.74, 6) is -0.769. The van der Waals surface area contributed by atoms with Gasteiger partial charge in [0, 0.05) is 22.8 Å². The van der Waals surface area contributed by atoms with Crippen molar-refractivity contribution in [3.05, 3.63) is 70.8 Å². The zero-order chi connectivity index (χ0) is 17.8. The predicted octanol–water partition coefficient (Wildman–Crippen LogP) is 3.87. The van der Waals surface area contributed by atoms with Crippen molar-refractivity contribution in [2.75, 3.05) is 11.5 Å². The second-order valence-electron chi connectivity index (χ2n) is 5.94. The highest BCUT2D eigenvalue weighted by molar-refractivity contribution is 6.30. The van der Waals surface area contributed by atoms with Gasteiger partial charge in [-0.05, 0) is 48.7 Å². The normalized spacial score (nSPS) is 16.1. The minimum absolute atomic E-state index is 0.0632. The zero-order valence-electron chi connectivity index (χ0n) is 13.8. The van der Waals surface area contributed by atoms with Gasteiger partial charge in [-0.3, -0.25) is 4.79 Å². The molecule has 1 aliphatic rings. The smallest absolute Gasteiger partial charge is 0.331 e. The fraction of sp³-hybridized carbons (Fsp3) is 0.200. The summed E-state index contributed by atoms with van der Waals surface area (Å²) < 4.78 is 5.08. The van der Waals surface area contributed by atoms with Crippen molar-refractivity contribution in [2.24, 2.45) is 0 Å². The summed E-state index contributed by atoms with van der Waals surface area (Å²) in [5, 5.41) is 0.630. The van der Waals surface area contributed by atoms with Crippen molar-refractivity contribution in [1.82, 2.24) is 0 Å². The molecule has 0 saturated heterocycles. The minimum atomic E-state index is -0.552. The minimum Gasteiger partial charge on any atom is -0.452 e. The van der Waals surface area contributed by atoms with Gasteiger partial charge in [-0.2, -0.15) is 0 Å². The van der Waals surface area contributed by atoms with Crippen LogP contribution in [0.15, 0.2) is 54.6 Å². The first-order valence-electron chi connectivity index (χ1n) is 8.05. The Bertz CT molecular complexity index is 814. The highest BCUT2D eigenvalue weighted by Crippen LogP contribution is 2.31. The topological polar surface area (TPSA) is 46.6 Å². The summed E-state index contributed by atoms with van der Waals surface area (Å²) in [6.07, 6.45) is 3.74. The molecular formula is C20H18ClNO3. The Kier molecular flexibility index (Phi) is 5.19. The maximum absolute atomic E-state index is 12.4. The number of fused-ring (bicyclic) bond motifs is 1. The van der Waals surface area contributed by atoms with Crippen LogP contribution in [0, 0.1) is 0 Å². The van der Waals surface area contributed by atoms with Crippen molar-refractivity contribution in [1.29, 1.82) is 0 Å². The summed E-state index contributed by atoms with van der Waals surface area (Å²) >= 11 is 5.81. The van der Waals surface area contributed by atoms with Crippen molar-refractivity contribution >= 4 is 35.2 Å². The number of carbonyl (C=O) groups is 2. The lowest BCUT2D eigenvalue weighted by atomic mass is 10.1. The van der Waals surface area contributed by atoms with Crippen molar-refractivity contribution in [3.8, 4) is 0 Å². The van der Waals surface area contributed by atoms with Crippen LogP contribution in [0.5, 0.6) is 0 Å². The van der Waals surface area contributed by atoms with Gasteiger partial charge >= 0.3 is 5.97 Å². The van der Waals surface area contributed by atoms with E-state index in [1.807, 2.05) is 31.2 Å². The Balaban J connectivity index is 1.57. The molecule has 0 aliphatic carbocycles. The van der Waals surface area contributed by atoms with Crippen LogP contribution in [0.1, 0.15) is 18.1 Å². The van der Waals surface area contributed by atoms with Gasteiger partial charge in [0.25, 0.3) is 5.91 Å². The van der Waals surface area contributed by atoms with Gasteiger partial charge in [-0.25, -0.2) is 4.79 Å². The molecule has 2 aromatic carbocycles. The monoisotopic (exact) mass is 355 g/mol. The van der Waals surface area contributed by atoms with Gasteiger partial charge in [-0.15, -0.1) is 0 Å². The van der Waals surface area contributed by atoms with Crippen LogP contribution < -0.4 is 4.90 Å². The lowest BCUT2D eigenvalue weighted by molar-refractivity contribution is -0.143. The van der Waals surface area contributed by atoms with Gasteiger partial charge in [0.2, 0.25) is 0 Å². The average Bonchev–Trinajstić information content (AvgIpc) is 2.95. The number of benzene rings is 2. The standard InChI is InChI=1S/C20H18ClNO3/c1-14-12-16-4-2-3-5-18(16)22(14)19(23)13-25-20(24)11-8-15-6-9-17(21)10-7-15/h2-11,14H,12-13H2,1H3/b11-8+/t14-/m0/s1. The molecule has 0 spiro atoms. The lowest BCUT2D eigenvalue weighted by Gasteiger charge is -2.22. The number of carbonyl (C=O) groups excluding carboxylic acids is 2. The van der Waals surface area contributed by atoms with Crippen molar-refractivity contribution in [2.45, 2.75) is 19.4 Å². The van der Waals surface area contributed by atoms with Crippen LogP contribution in [0.25, 0.3) is 6.08 Å². The van der Waals surface area contributed by atoms with Crippen LogP contribution in [0.2, 0.25) is 5.02 Å². The number of ether oxygens (including phenoxy) is 1. The number of anilines is 1. The number of nitrogens with zero attached hydrogens (tertiary/aromatic N) is 1. The molecule has 2 aromatic rings. The fourth-order valence-corrected chi connectivity index (χ4v) is 3.06. The number of amides is 1. The van der Waals surface area contributed by atoms with E-state index in [9.17, 15) is 9.59 Å². The highest BCUT2D eigenvalue weighted by Gasteiger charge is 2.30. The molecule has 0 radical (unpaired) electrons. The van der Waals surface area contributed by atoms with Gasteiger partial charge < -0.3 is 9.64 Å². The molecule has 0 unspecified atom stereocenters. The molecule has 128 valence electrons. The van der Waals surface area contributed by atoms with Gasteiger partial charge in [0.05, 0.1) is 0 Å². The van der Waals surface area contributed by atoms with Gasteiger partial charge in [0.1, 0.15) is 0 Å². The second kappa shape index (κ2) is 7.53. The maximum atomic E-state index is 12.4. The zero-order valence-corrected chi connectivity index (χ0v) is 14.6. The Morgan fingerprint density at radius 2 is 1.92 bits per heavy atom. The molecule has 1 atom stereocenters. The first-order chi connectivity index (χ1) is 12.0. The summed E-state index contributed by atoms with van der Waals surface area (Å²) in [6.45, 7) is 1.71. The third-order valence-corrected chi connectivity index (χ3v) is 4.35. The van der Waals surface area contributed by atoms with Crippen LogP contribution in [0.3, 0.4) is 0 Å². The van der Waals surface area contributed by atoms with E-state index in [0.29, 0.717) is 5.02 Å². The molecular weight excluding hydrogens is 338 g/mol. The molecule has 0 N–H and O–H groups in total. The number of hydrogen-bond acceptors (Lipinski definition) is 3. The first-order valence-corrected chi connectivity index (χ1v) is 8.43. The summed E-state index contributed by atoms with van der Waals surface area (Å²) in [5.41, 5.74) is 2.86. The average molecular weight is 356 g/mol. The second-order valence-corrected chi connectivity index (χ2v) is 6.37. The molecule has 1 amide bonds. The number of rotatable bonds is 4. The molecule has 3 rings (SSSR count). The van der Waals surface area contributed by atoms with E-state index in [1.54, 1.807) is 35.2 Å². The van der Waals surface area contributed by atoms with E-state index < -0.39 is 5.97 Å². The Hall–Kier alpha value is -2.59. The number of hydrogen-bond donors (Lipinski definition) is 0. The van der Waals surface area contributed by atoms with Crippen LogP contribution in [-0.2, 0) is 20.7 Å². The summed E-state index contributed by atoms with van der Waals surface area (Å²) in [7, 11) is 0. The highest BCUT2D eigenvalue weighted by atomic mass is 35.5. The van der Waals surface area contributed by atoms with Crippen LogP contribution in [0.4, 0.5) is 5.69 Å². The fourth-order valence-electron chi connectivity index (χ4n) is 2.93. The quantitative estimate of drug-likeness (QED) is 0.617. The van der Waals surface area contributed by atoms with Gasteiger partial charge in [-0.1, -0.05) is 41.9 Å². The molecule has 25 heavy (non-hydrogen) atoms. The molecule has 4 nitrogen and oxygen atoms in total. The van der Waals surface area contributed by atoms with E-state index in [-0.39, 0.29) is 18.6 Å². The third-order valence-electron chi connectivity index (χ3n) is 4.10. The van der Waals surface area contributed by atoms with Crippen LogP contribution >= 0.6 is 11.6 Å². The molecule has 1 aliphatic heterocycles. The van der Waals surface area contributed by atoms with Crippen LogP contribution in [-0.4, -0.2) is 24.5 Å². The molecule has 0 bridgehead atoms. The van der Waals surface area contributed by atoms with E-state index in [2.05, 4.69) is 0 Å². The van der Waals surface area contributed by atoms with E-state index in [0.717, 1.165) is 23.2 Å². The SMILES string of the molecule is C[C@H]1Cc2ccccc2N1C(=O)COC(=O)/C=C/c1ccc(Cl)cc1. The Morgan fingerprint density at radius 3 is 2.68 bits per heavy atom. The Morgan fingerprint density at radius 1 is 1.20 bits per heavy atom. The summed E-state index contributed by atoms with van der Waals surface area (Å²) in [6, 6.07) is 14.9. The predicted molar refractivity (Wildman–Crippen MR) is 98.5 cm³/mol. The molecule has 0 aromatic heterocycles. The largest absolute Gasteiger partial charge is 0.452 e. The van der Waals surface area contributed by atoms with E-state index in [1.165, 1.54) is 6.08 Å². The molecule has 0 fully saturated rings. The lowest BCUT2D eigenvalue weighted by Crippen LogP contribution is -2.38. The number of halogens is 1. The summed E-state index contributed by atoms with van der Waals surface area (Å²) in [4.78, 5) is 26.0. The molecule has 1 heterocycles. The molecule has 0 saturated carbocycles. The van der Waals surface area contributed by atoms with E-state index in [4.69, 9.17) is 16.3 Å². The number of para-hydroxylation sites is 1. The van der Waals surface area contributed by atoms with E-state index >= 15 is 0 Å². The maximum Gasteiger partial charge on any atom is 0.331 e.